The van der Waals surface area contributed by atoms with Crippen molar-refractivity contribution in [3.63, 3.8) is 0 Å². The van der Waals surface area contributed by atoms with Crippen molar-refractivity contribution in [2.24, 2.45) is 5.92 Å². The molecule has 0 spiro atoms. The van der Waals surface area contributed by atoms with Gasteiger partial charge in [0.1, 0.15) is 0 Å². The third-order valence-corrected chi connectivity index (χ3v) is 3.44. The number of carboxylic acids is 1. The number of carbonyl (C=O) groups is 1. The molecule has 0 aromatic heterocycles. The molecule has 0 rings (SSSR count). The van der Waals surface area contributed by atoms with E-state index in [0.29, 0.717) is 6.42 Å². The summed E-state index contributed by atoms with van der Waals surface area (Å²) in [6.07, 6.45) is 15.4. The fourth-order valence-corrected chi connectivity index (χ4v) is 1.91. The SMILES string of the molecule is CCC(C)CCCCCC=CCCCCC(=O)O. The summed E-state index contributed by atoms with van der Waals surface area (Å²) in [6.45, 7) is 4.59. The van der Waals surface area contributed by atoms with E-state index in [1.54, 1.807) is 0 Å². The highest BCUT2D eigenvalue weighted by atomic mass is 16.4. The van der Waals surface area contributed by atoms with Crippen molar-refractivity contribution in [2.75, 3.05) is 0 Å². The van der Waals surface area contributed by atoms with Gasteiger partial charge in [-0.25, -0.2) is 0 Å². The van der Waals surface area contributed by atoms with Crippen LogP contribution in [-0.2, 0) is 4.79 Å². The molecule has 106 valence electrons. The molecule has 18 heavy (non-hydrogen) atoms. The first-order valence-corrected chi connectivity index (χ1v) is 7.53. The van der Waals surface area contributed by atoms with Gasteiger partial charge in [0.05, 0.1) is 0 Å². The molecule has 0 aromatic rings. The first kappa shape index (κ1) is 17.2. The minimum absolute atomic E-state index is 0.309. The average molecular weight is 254 g/mol. The van der Waals surface area contributed by atoms with E-state index in [1.807, 2.05) is 0 Å². The second-order valence-corrected chi connectivity index (χ2v) is 5.26. The second kappa shape index (κ2) is 12.7. The summed E-state index contributed by atoms with van der Waals surface area (Å²) in [5, 5.41) is 8.48. The number of carboxylic acid groups (broad SMARTS) is 1. The lowest BCUT2D eigenvalue weighted by molar-refractivity contribution is -0.137. The number of allylic oxidation sites excluding steroid dienone is 2. The van der Waals surface area contributed by atoms with Crippen LogP contribution in [0.3, 0.4) is 0 Å². The summed E-state index contributed by atoms with van der Waals surface area (Å²) in [5.74, 6) is 0.204. The van der Waals surface area contributed by atoms with E-state index >= 15 is 0 Å². The maximum atomic E-state index is 10.3. The molecule has 2 heteroatoms. The summed E-state index contributed by atoms with van der Waals surface area (Å²) >= 11 is 0. The highest BCUT2D eigenvalue weighted by molar-refractivity contribution is 5.66. The molecular weight excluding hydrogens is 224 g/mol. The smallest absolute Gasteiger partial charge is 0.303 e. The Morgan fingerprint density at radius 2 is 1.67 bits per heavy atom. The third kappa shape index (κ3) is 13.3. The molecule has 0 bridgehead atoms. The van der Waals surface area contributed by atoms with E-state index < -0.39 is 5.97 Å². The Hall–Kier alpha value is -0.790. The van der Waals surface area contributed by atoms with Gasteiger partial charge >= 0.3 is 5.97 Å². The molecule has 0 aromatic carbocycles. The predicted molar refractivity (Wildman–Crippen MR) is 77.8 cm³/mol. The predicted octanol–water partition coefficient (Wildman–Crippen LogP) is 5.18. The number of aliphatic carboxylic acids is 1. The van der Waals surface area contributed by atoms with Crippen LogP contribution in [-0.4, -0.2) is 11.1 Å². The van der Waals surface area contributed by atoms with Crippen LogP contribution in [0, 0.1) is 5.92 Å². The minimum Gasteiger partial charge on any atom is -0.481 e. The van der Waals surface area contributed by atoms with Crippen LogP contribution >= 0.6 is 0 Å². The van der Waals surface area contributed by atoms with Gasteiger partial charge in [0.25, 0.3) is 0 Å². The standard InChI is InChI=1S/C16H30O2/c1-3-15(2)13-11-9-7-5-4-6-8-10-12-14-16(17)18/h4,6,15H,3,5,7-14H2,1-2H3,(H,17,18). The van der Waals surface area contributed by atoms with Gasteiger partial charge in [0, 0.05) is 6.42 Å². The molecule has 1 unspecified atom stereocenters. The molecule has 0 fully saturated rings. The minimum atomic E-state index is -0.680. The van der Waals surface area contributed by atoms with Gasteiger partial charge in [0.15, 0.2) is 0 Å². The van der Waals surface area contributed by atoms with Crippen LogP contribution < -0.4 is 0 Å². The van der Waals surface area contributed by atoms with Gasteiger partial charge in [-0.3, -0.25) is 4.79 Å². The van der Waals surface area contributed by atoms with Gasteiger partial charge < -0.3 is 5.11 Å². The molecule has 0 amide bonds. The number of hydrogen-bond donors (Lipinski definition) is 1. The molecule has 1 N–H and O–H groups in total. The first-order valence-electron chi connectivity index (χ1n) is 7.53. The second-order valence-electron chi connectivity index (χ2n) is 5.26. The van der Waals surface area contributed by atoms with Crippen LogP contribution in [0.2, 0.25) is 0 Å². The molecule has 0 aliphatic rings. The molecule has 0 heterocycles. The van der Waals surface area contributed by atoms with E-state index in [0.717, 1.165) is 25.2 Å². The van der Waals surface area contributed by atoms with Crippen LogP contribution in [0.15, 0.2) is 12.2 Å². The average Bonchev–Trinajstić information content (AvgIpc) is 2.35. The maximum Gasteiger partial charge on any atom is 0.303 e. The largest absolute Gasteiger partial charge is 0.481 e. The molecule has 0 aliphatic heterocycles. The Labute approximate surface area is 112 Å². The third-order valence-electron chi connectivity index (χ3n) is 3.44. The van der Waals surface area contributed by atoms with Gasteiger partial charge in [-0.2, -0.15) is 0 Å². The Morgan fingerprint density at radius 3 is 2.22 bits per heavy atom. The molecule has 1 atom stereocenters. The normalized spacial score (nSPS) is 13.0. The lowest BCUT2D eigenvalue weighted by Crippen LogP contribution is -1.92. The van der Waals surface area contributed by atoms with Crippen molar-refractivity contribution in [2.45, 2.75) is 78.1 Å². The van der Waals surface area contributed by atoms with Crippen molar-refractivity contribution >= 4 is 5.97 Å². The zero-order valence-electron chi connectivity index (χ0n) is 12.2. The Morgan fingerprint density at radius 1 is 1.06 bits per heavy atom. The van der Waals surface area contributed by atoms with Crippen molar-refractivity contribution in [3.8, 4) is 0 Å². The Balaban J connectivity index is 3.16. The van der Waals surface area contributed by atoms with E-state index in [4.69, 9.17) is 5.11 Å². The summed E-state index contributed by atoms with van der Waals surface area (Å²) in [5.41, 5.74) is 0. The van der Waals surface area contributed by atoms with E-state index in [1.165, 1.54) is 38.5 Å². The van der Waals surface area contributed by atoms with Gasteiger partial charge in [-0.05, 0) is 38.0 Å². The zero-order valence-corrected chi connectivity index (χ0v) is 12.2. The lowest BCUT2D eigenvalue weighted by atomic mass is 10.0. The maximum absolute atomic E-state index is 10.3. The molecular formula is C16H30O2. The molecule has 0 radical (unpaired) electrons. The van der Waals surface area contributed by atoms with Crippen molar-refractivity contribution in [1.29, 1.82) is 0 Å². The van der Waals surface area contributed by atoms with Crippen molar-refractivity contribution < 1.29 is 9.90 Å². The molecule has 0 saturated carbocycles. The first-order chi connectivity index (χ1) is 8.66. The van der Waals surface area contributed by atoms with Crippen LogP contribution in [0.5, 0.6) is 0 Å². The topological polar surface area (TPSA) is 37.3 Å². The van der Waals surface area contributed by atoms with Crippen molar-refractivity contribution in [3.05, 3.63) is 12.2 Å². The quantitative estimate of drug-likeness (QED) is 0.384. The molecule has 0 saturated heterocycles. The monoisotopic (exact) mass is 254 g/mol. The molecule has 0 aliphatic carbocycles. The highest BCUT2D eigenvalue weighted by Gasteiger charge is 1.97. The zero-order chi connectivity index (χ0) is 13.6. The van der Waals surface area contributed by atoms with Gasteiger partial charge in [-0.15, -0.1) is 0 Å². The number of unbranched alkanes of at least 4 members (excludes halogenated alkanes) is 5. The van der Waals surface area contributed by atoms with E-state index in [9.17, 15) is 4.79 Å². The van der Waals surface area contributed by atoms with Crippen LogP contribution in [0.25, 0.3) is 0 Å². The Bertz CT molecular complexity index is 221. The van der Waals surface area contributed by atoms with Gasteiger partial charge in [-0.1, -0.05) is 51.7 Å². The van der Waals surface area contributed by atoms with Gasteiger partial charge in [0.2, 0.25) is 0 Å². The lowest BCUT2D eigenvalue weighted by Gasteiger charge is -2.06. The summed E-state index contributed by atoms with van der Waals surface area (Å²) in [4.78, 5) is 10.3. The van der Waals surface area contributed by atoms with E-state index in [2.05, 4.69) is 26.0 Å². The van der Waals surface area contributed by atoms with E-state index in [-0.39, 0.29) is 0 Å². The van der Waals surface area contributed by atoms with Crippen LogP contribution in [0.4, 0.5) is 0 Å². The summed E-state index contributed by atoms with van der Waals surface area (Å²) in [7, 11) is 0. The highest BCUT2D eigenvalue weighted by Crippen LogP contribution is 2.13. The molecule has 2 nitrogen and oxygen atoms in total. The number of rotatable bonds is 12. The summed E-state index contributed by atoms with van der Waals surface area (Å²) in [6, 6.07) is 0. The fraction of sp³-hybridized carbons (Fsp3) is 0.812. The Kier molecular flexibility index (Phi) is 12.1. The van der Waals surface area contributed by atoms with Crippen LogP contribution in [0.1, 0.15) is 78.1 Å². The fourth-order valence-electron chi connectivity index (χ4n) is 1.91. The summed E-state index contributed by atoms with van der Waals surface area (Å²) < 4.78 is 0. The van der Waals surface area contributed by atoms with Crippen molar-refractivity contribution in [1.82, 2.24) is 0 Å². The number of hydrogen-bond acceptors (Lipinski definition) is 1.